The summed E-state index contributed by atoms with van der Waals surface area (Å²) in [4.78, 5) is 18.4. The van der Waals surface area contributed by atoms with Crippen molar-refractivity contribution in [2.45, 2.75) is 24.1 Å². The molecule has 3 aromatic rings. The summed E-state index contributed by atoms with van der Waals surface area (Å²) >= 11 is 9.48. The van der Waals surface area contributed by atoms with E-state index in [1.807, 2.05) is 47.2 Å². The fourth-order valence-corrected chi connectivity index (χ4v) is 4.15. The van der Waals surface area contributed by atoms with Gasteiger partial charge in [0.2, 0.25) is 5.91 Å². The first-order chi connectivity index (χ1) is 12.6. The van der Waals surface area contributed by atoms with Crippen LogP contribution in [0, 0.1) is 0 Å². The lowest BCUT2D eigenvalue weighted by atomic mass is 10.3. The van der Waals surface area contributed by atoms with Gasteiger partial charge in [-0.15, -0.1) is 11.8 Å². The second kappa shape index (κ2) is 8.84. The Morgan fingerprint density at radius 1 is 1.27 bits per heavy atom. The SMILES string of the molecule is CCSc1ccc(Cl)cc1NC(=O)Cn1c(CSC)nc2ccccc21. The van der Waals surface area contributed by atoms with Gasteiger partial charge in [0, 0.05) is 9.92 Å². The largest absolute Gasteiger partial charge is 0.323 e. The van der Waals surface area contributed by atoms with Crippen molar-refractivity contribution in [2.24, 2.45) is 0 Å². The normalized spacial score (nSPS) is 11.0. The minimum absolute atomic E-state index is 0.0873. The molecule has 0 saturated carbocycles. The standard InChI is InChI=1S/C19H20ClN3OS2/c1-3-26-17-9-8-13(20)10-15(17)22-19(24)11-23-16-7-5-4-6-14(16)21-18(23)12-25-2/h4-10H,3,11-12H2,1-2H3,(H,22,24). The highest BCUT2D eigenvalue weighted by atomic mass is 35.5. The van der Waals surface area contributed by atoms with Crippen molar-refractivity contribution in [1.82, 2.24) is 9.55 Å². The molecule has 7 heteroatoms. The number of carbonyl (C=O) groups is 1. The van der Waals surface area contributed by atoms with Crippen LogP contribution in [0.25, 0.3) is 11.0 Å². The molecule has 0 fully saturated rings. The lowest BCUT2D eigenvalue weighted by molar-refractivity contribution is -0.116. The summed E-state index contributed by atoms with van der Waals surface area (Å²) in [5.41, 5.74) is 2.64. The van der Waals surface area contributed by atoms with E-state index in [1.165, 1.54) is 0 Å². The Morgan fingerprint density at radius 3 is 2.85 bits per heavy atom. The van der Waals surface area contributed by atoms with Crippen molar-refractivity contribution in [3.05, 3.63) is 53.3 Å². The van der Waals surface area contributed by atoms with Crippen molar-refractivity contribution in [1.29, 1.82) is 0 Å². The van der Waals surface area contributed by atoms with Gasteiger partial charge in [-0.2, -0.15) is 11.8 Å². The van der Waals surface area contributed by atoms with E-state index >= 15 is 0 Å². The molecule has 1 aromatic heterocycles. The van der Waals surface area contributed by atoms with E-state index in [2.05, 4.69) is 17.2 Å². The quantitative estimate of drug-likeness (QED) is 0.541. The van der Waals surface area contributed by atoms with Gasteiger partial charge in [-0.05, 0) is 42.3 Å². The maximum atomic E-state index is 12.7. The van der Waals surface area contributed by atoms with Crippen LogP contribution in [0.2, 0.25) is 5.02 Å². The number of nitrogens with zero attached hydrogens (tertiary/aromatic N) is 2. The number of rotatable bonds is 7. The maximum absolute atomic E-state index is 12.7. The molecule has 0 unspecified atom stereocenters. The van der Waals surface area contributed by atoms with Crippen LogP contribution in [0.1, 0.15) is 12.7 Å². The lowest BCUT2D eigenvalue weighted by Crippen LogP contribution is -2.20. The van der Waals surface area contributed by atoms with Crippen LogP contribution in [0.3, 0.4) is 0 Å². The van der Waals surface area contributed by atoms with Crippen LogP contribution in [0.15, 0.2) is 47.4 Å². The van der Waals surface area contributed by atoms with Gasteiger partial charge in [0.15, 0.2) is 0 Å². The number of anilines is 1. The first kappa shape index (κ1) is 19.1. The molecule has 2 aromatic carbocycles. The molecule has 0 spiro atoms. The summed E-state index contributed by atoms with van der Waals surface area (Å²) in [5.74, 6) is 2.50. The molecule has 26 heavy (non-hydrogen) atoms. The van der Waals surface area contributed by atoms with Gasteiger partial charge < -0.3 is 9.88 Å². The summed E-state index contributed by atoms with van der Waals surface area (Å²) in [5, 5.41) is 3.62. The van der Waals surface area contributed by atoms with Crippen LogP contribution >= 0.6 is 35.1 Å². The van der Waals surface area contributed by atoms with E-state index in [1.54, 1.807) is 29.6 Å². The maximum Gasteiger partial charge on any atom is 0.244 e. The molecule has 0 aliphatic rings. The number of thioether (sulfide) groups is 2. The third-order valence-corrected chi connectivity index (χ3v) is 5.56. The highest BCUT2D eigenvalue weighted by molar-refractivity contribution is 7.99. The molecule has 1 amide bonds. The van der Waals surface area contributed by atoms with E-state index in [4.69, 9.17) is 11.6 Å². The molecule has 0 aliphatic heterocycles. The molecule has 0 bridgehead atoms. The van der Waals surface area contributed by atoms with Crippen LogP contribution < -0.4 is 5.32 Å². The van der Waals surface area contributed by atoms with Crippen molar-refractivity contribution in [3.8, 4) is 0 Å². The number of hydrogen-bond donors (Lipinski definition) is 1. The van der Waals surface area contributed by atoms with Crippen LogP contribution in [-0.4, -0.2) is 27.5 Å². The average molecular weight is 406 g/mol. The Hall–Kier alpha value is -1.63. The van der Waals surface area contributed by atoms with Crippen LogP contribution in [-0.2, 0) is 17.1 Å². The Kier molecular flexibility index (Phi) is 6.51. The van der Waals surface area contributed by atoms with Crippen LogP contribution in [0.5, 0.6) is 0 Å². The first-order valence-electron chi connectivity index (χ1n) is 8.27. The molecule has 1 N–H and O–H groups in total. The van der Waals surface area contributed by atoms with E-state index in [0.717, 1.165) is 38.9 Å². The minimum atomic E-state index is -0.0873. The zero-order valence-corrected chi connectivity index (χ0v) is 17.0. The first-order valence-corrected chi connectivity index (χ1v) is 11.0. The molecule has 136 valence electrons. The number of amides is 1. The van der Waals surface area contributed by atoms with Gasteiger partial charge in [-0.1, -0.05) is 30.7 Å². The smallest absolute Gasteiger partial charge is 0.244 e. The van der Waals surface area contributed by atoms with Gasteiger partial charge in [0.05, 0.1) is 22.5 Å². The predicted molar refractivity (Wildman–Crippen MR) is 113 cm³/mol. The van der Waals surface area contributed by atoms with E-state index in [0.29, 0.717) is 5.02 Å². The summed E-state index contributed by atoms with van der Waals surface area (Å²) in [6.45, 7) is 2.30. The third kappa shape index (κ3) is 4.37. The Labute approximate surface area is 166 Å². The Bertz CT molecular complexity index is 926. The molecular weight excluding hydrogens is 386 g/mol. The molecule has 0 saturated heterocycles. The number of carbonyl (C=O) groups excluding carboxylic acids is 1. The Balaban J connectivity index is 1.86. The van der Waals surface area contributed by atoms with Crippen molar-refractivity contribution < 1.29 is 4.79 Å². The fraction of sp³-hybridized carbons (Fsp3) is 0.263. The fourth-order valence-electron chi connectivity index (χ4n) is 2.76. The summed E-state index contributed by atoms with van der Waals surface area (Å²) in [7, 11) is 0. The van der Waals surface area contributed by atoms with E-state index < -0.39 is 0 Å². The van der Waals surface area contributed by atoms with Gasteiger partial charge in [0.25, 0.3) is 0 Å². The highest BCUT2D eigenvalue weighted by Crippen LogP contribution is 2.30. The Morgan fingerprint density at radius 2 is 2.08 bits per heavy atom. The number of nitrogens with one attached hydrogen (secondary N) is 1. The van der Waals surface area contributed by atoms with Crippen molar-refractivity contribution in [2.75, 3.05) is 17.3 Å². The summed E-state index contributed by atoms with van der Waals surface area (Å²) in [6, 6.07) is 13.5. The van der Waals surface area contributed by atoms with Gasteiger partial charge in [0.1, 0.15) is 12.4 Å². The molecule has 1 heterocycles. The molecule has 0 atom stereocenters. The van der Waals surface area contributed by atoms with Gasteiger partial charge in [-0.25, -0.2) is 4.98 Å². The highest BCUT2D eigenvalue weighted by Gasteiger charge is 2.14. The minimum Gasteiger partial charge on any atom is -0.323 e. The number of benzene rings is 2. The molecular formula is C19H20ClN3OS2. The number of para-hydroxylation sites is 2. The number of imidazole rings is 1. The topological polar surface area (TPSA) is 46.9 Å². The number of hydrogen-bond acceptors (Lipinski definition) is 4. The lowest BCUT2D eigenvalue weighted by Gasteiger charge is -2.13. The predicted octanol–water partition coefficient (Wildman–Crippen LogP) is 5.30. The molecule has 0 radical (unpaired) electrons. The number of aromatic nitrogens is 2. The molecule has 3 rings (SSSR count). The van der Waals surface area contributed by atoms with Gasteiger partial charge >= 0.3 is 0 Å². The second-order valence-electron chi connectivity index (χ2n) is 5.66. The second-order valence-corrected chi connectivity index (χ2v) is 8.27. The van der Waals surface area contributed by atoms with Crippen molar-refractivity contribution in [3.63, 3.8) is 0 Å². The number of halogens is 1. The summed E-state index contributed by atoms with van der Waals surface area (Å²) in [6.07, 6.45) is 2.03. The molecule has 4 nitrogen and oxygen atoms in total. The van der Waals surface area contributed by atoms with E-state index in [-0.39, 0.29) is 12.5 Å². The van der Waals surface area contributed by atoms with Gasteiger partial charge in [-0.3, -0.25) is 4.79 Å². The van der Waals surface area contributed by atoms with Crippen molar-refractivity contribution >= 4 is 57.8 Å². The molecule has 0 aliphatic carbocycles. The van der Waals surface area contributed by atoms with E-state index in [9.17, 15) is 4.79 Å². The average Bonchev–Trinajstić information content (AvgIpc) is 2.95. The third-order valence-electron chi connectivity index (χ3n) is 3.82. The number of fused-ring (bicyclic) bond motifs is 1. The monoisotopic (exact) mass is 405 g/mol. The zero-order chi connectivity index (χ0) is 18.5. The zero-order valence-electron chi connectivity index (χ0n) is 14.7. The summed E-state index contributed by atoms with van der Waals surface area (Å²) < 4.78 is 1.98. The van der Waals surface area contributed by atoms with Crippen LogP contribution in [0.4, 0.5) is 5.69 Å².